The summed E-state index contributed by atoms with van der Waals surface area (Å²) in [6, 6.07) is 5.84. The number of likely N-dealkylation sites (tertiary alicyclic amines) is 1. The van der Waals surface area contributed by atoms with Gasteiger partial charge in [0.2, 0.25) is 0 Å². The van der Waals surface area contributed by atoms with Gasteiger partial charge in [-0.25, -0.2) is 0 Å². The lowest BCUT2D eigenvalue weighted by atomic mass is 10.0. The lowest BCUT2D eigenvalue weighted by Gasteiger charge is -2.24. The van der Waals surface area contributed by atoms with E-state index >= 15 is 0 Å². The van der Waals surface area contributed by atoms with Crippen molar-refractivity contribution in [2.24, 2.45) is 5.92 Å². The van der Waals surface area contributed by atoms with Crippen molar-refractivity contribution < 1.29 is 0 Å². The first-order valence-corrected chi connectivity index (χ1v) is 8.07. The standard InChI is InChI=1S/C16H23Cl2N/c1-13(12-19-8-4-2-3-5-9-19)10-14-6-7-15(17)11-16(14)18/h6-7,11,13H,2-5,8-10,12H2,1H3. The van der Waals surface area contributed by atoms with Crippen LogP contribution in [-0.2, 0) is 6.42 Å². The molecule has 0 aromatic heterocycles. The maximum Gasteiger partial charge on any atom is 0.0452 e. The summed E-state index contributed by atoms with van der Waals surface area (Å²) in [5, 5.41) is 1.52. The van der Waals surface area contributed by atoms with E-state index in [2.05, 4.69) is 17.9 Å². The summed E-state index contributed by atoms with van der Waals surface area (Å²) < 4.78 is 0. The number of benzene rings is 1. The predicted molar refractivity (Wildman–Crippen MR) is 84.2 cm³/mol. The lowest BCUT2D eigenvalue weighted by molar-refractivity contribution is 0.245. The van der Waals surface area contributed by atoms with Gasteiger partial charge in [0.05, 0.1) is 0 Å². The Labute approximate surface area is 126 Å². The Morgan fingerprint density at radius 1 is 1.11 bits per heavy atom. The van der Waals surface area contributed by atoms with E-state index in [0.717, 1.165) is 11.4 Å². The van der Waals surface area contributed by atoms with Gasteiger partial charge in [-0.2, -0.15) is 0 Å². The van der Waals surface area contributed by atoms with Crippen molar-refractivity contribution >= 4 is 23.2 Å². The number of rotatable bonds is 4. The number of hydrogen-bond donors (Lipinski definition) is 0. The molecule has 1 heterocycles. The van der Waals surface area contributed by atoms with Crippen LogP contribution in [0.15, 0.2) is 18.2 Å². The number of hydrogen-bond acceptors (Lipinski definition) is 1. The molecule has 1 aromatic rings. The molecule has 0 N–H and O–H groups in total. The molecule has 0 spiro atoms. The van der Waals surface area contributed by atoms with Gasteiger partial charge in [0.15, 0.2) is 0 Å². The molecule has 106 valence electrons. The third-order valence-corrected chi connectivity index (χ3v) is 4.44. The Morgan fingerprint density at radius 3 is 2.42 bits per heavy atom. The average Bonchev–Trinajstić information content (AvgIpc) is 2.61. The average molecular weight is 300 g/mol. The zero-order valence-electron chi connectivity index (χ0n) is 11.7. The first-order chi connectivity index (χ1) is 9.15. The number of halogens is 2. The van der Waals surface area contributed by atoms with Crippen LogP contribution in [-0.4, -0.2) is 24.5 Å². The fourth-order valence-electron chi connectivity index (χ4n) is 2.89. The van der Waals surface area contributed by atoms with Crippen LogP contribution in [0.25, 0.3) is 0 Å². The normalized spacial score (nSPS) is 19.1. The van der Waals surface area contributed by atoms with Crippen molar-refractivity contribution in [3.63, 3.8) is 0 Å². The Bertz CT molecular complexity index is 398. The molecule has 19 heavy (non-hydrogen) atoms. The van der Waals surface area contributed by atoms with Crippen molar-refractivity contribution in [2.75, 3.05) is 19.6 Å². The first kappa shape index (κ1) is 15.2. The van der Waals surface area contributed by atoms with Crippen LogP contribution in [0.2, 0.25) is 10.0 Å². The Morgan fingerprint density at radius 2 is 1.79 bits per heavy atom. The van der Waals surface area contributed by atoms with E-state index in [1.54, 1.807) is 0 Å². The van der Waals surface area contributed by atoms with Crippen molar-refractivity contribution in [2.45, 2.75) is 39.0 Å². The fraction of sp³-hybridized carbons (Fsp3) is 0.625. The van der Waals surface area contributed by atoms with Crippen LogP contribution in [0.5, 0.6) is 0 Å². The van der Waals surface area contributed by atoms with Crippen LogP contribution in [0, 0.1) is 5.92 Å². The SMILES string of the molecule is CC(Cc1ccc(Cl)cc1Cl)CN1CCCCCC1. The fourth-order valence-corrected chi connectivity index (χ4v) is 3.37. The minimum absolute atomic E-state index is 0.636. The molecule has 3 heteroatoms. The molecule has 0 bridgehead atoms. The summed E-state index contributed by atoms with van der Waals surface area (Å²) in [7, 11) is 0. The predicted octanol–water partition coefficient (Wildman–Crippen LogP) is 5.05. The second kappa shape index (κ2) is 7.52. The quantitative estimate of drug-likeness (QED) is 0.752. The van der Waals surface area contributed by atoms with Gasteiger partial charge in [0.25, 0.3) is 0 Å². The van der Waals surface area contributed by atoms with Crippen LogP contribution in [0.1, 0.15) is 38.2 Å². The van der Waals surface area contributed by atoms with Gasteiger partial charge in [-0.1, -0.05) is 49.0 Å². The largest absolute Gasteiger partial charge is 0.303 e. The zero-order chi connectivity index (χ0) is 13.7. The van der Waals surface area contributed by atoms with Gasteiger partial charge < -0.3 is 4.90 Å². The van der Waals surface area contributed by atoms with Crippen LogP contribution in [0.4, 0.5) is 0 Å². The van der Waals surface area contributed by atoms with E-state index in [4.69, 9.17) is 23.2 Å². The van der Waals surface area contributed by atoms with Crippen molar-refractivity contribution in [1.82, 2.24) is 4.90 Å². The molecule has 1 aliphatic heterocycles. The molecule has 1 nitrogen and oxygen atoms in total. The summed E-state index contributed by atoms with van der Waals surface area (Å²) >= 11 is 12.2. The van der Waals surface area contributed by atoms with Gasteiger partial charge in [-0.3, -0.25) is 0 Å². The molecule has 1 fully saturated rings. The molecule has 2 rings (SSSR count). The first-order valence-electron chi connectivity index (χ1n) is 7.31. The number of nitrogens with zero attached hydrogens (tertiary/aromatic N) is 1. The van der Waals surface area contributed by atoms with E-state index in [1.807, 2.05) is 12.1 Å². The molecule has 0 aliphatic carbocycles. The second-order valence-electron chi connectivity index (χ2n) is 5.76. The summed E-state index contributed by atoms with van der Waals surface area (Å²) in [5.74, 6) is 0.636. The Balaban J connectivity index is 1.87. The minimum atomic E-state index is 0.636. The smallest absolute Gasteiger partial charge is 0.0452 e. The van der Waals surface area contributed by atoms with Gasteiger partial charge in [0.1, 0.15) is 0 Å². The van der Waals surface area contributed by atoms with E-state index in [9.17, 15) is 0 Å². The van der Waals surface area contributed by atoms with E-state index < -0.39 is 0 Å². The minimum Gasteiger partial charge on any atom is -0.303 e. The van der Waals surface area contributed by atoms with E-state index in [0.29, 0.717) is 10.9 Å². The summed E-state index contributed by atoms with van der Waals surface area (Å²) in [6.07, 6.45) is 6.54. The van der Waals surface area contributed by atoms with Crippen molar-refractivity contribution in [3.05, 3.63) is 33.8 Å². The molecular formula is C16H23Cl2N. The molecule has 1 unspecified atom stereocenters. The second-order valence-corrected chi connectivity index (χ2v) is 6.60. The van der Waals surface area contributed by atoms with Crippen LogP contribution >= 0.6 is 23.2 Å². The maximum absolute atomic E-state index is 6.24. The zero-order valence-corrected chi connectivity index (χ0v) is 13.2. The van der Waals surface area contributed by atoms with Gasteiger partial charge in [-0.05, 0) is 56.0 Å². The third kappa shape index (κ3) is 4.98. The highest BCUT2D eigenvalue weighted by Gasteiger charge is 2.14. The summed E-state index contributed by atoms with van der Waals surface area (Å²) in [6.45, 7) is 6.02. The molecule has 1 aromatic carbocycles. The molecule has 0 saturated carbocycles. The molecule has 0 radical (unpaired) electrons. The highest BCUT2D eigenvalue weighted by Crippen LogP contribution is 2.24. The monoisotopic (exact) mass is 299 g/mol. The maximum atomic E-state index is 6.24. The van der Waals surface area contributed by atoms with Crippen LogP contribution < -0.4 is 0 Å². The molecule has 0 amide bonds. The summed E-state index contributed by atoms with van der Waals surface area (Å²) in [5.41, 5.74) is 1.22. The van der Waals surface area contributed by atoms with Crippen LogP contribution in [0.3, 0.4) is 0 Å². The molecule has 1 atom stereocenters. The van der Waals surface area contributed by atoms with Crippen molar-refractivity contribution in [1.29, 1.82) is 0 Å². The lowest BCUT2D eigenvalue weighted by Crippen LogP contribution is -2.30. The Kier molecular flexibility index (Phi) is 6.00. The third-order valence-electron chi connectivity index (χ3n) is 3.85. The van der Waals surface area contributed by atoms with E-state index in [1.165, 1.54) is 50.9 Å². The highest BCUT2D eigenvalue weighted by molar-refractivity contribution is 6.35. The molecular weight excluding hydrogens is 277 g/mol. The summed E-state index contributed by atoms with van der Waals surface area (Å²) in [4.78, 5) is 2.61. The highest BCUT2D eigenvalue weighted by atomic mass is 35.5. The van der Waals surface area contributed by atoms with Gasteiger partial charge in [-0.15, -0.1) is 0 Å². The van der Waals surface area contributed by atoms with E-state index in [-0.39, 0.29) is 0 Å². The topological polar surface area (TPSA) is 3.24 Å². The van der Waals surface area contributed by atoms with Gasteiger partial charge in [0, 0.05) is 16.6 Å². The molecule has 1 aliphatic rings. The van der Waals surface area contributed by atoms with Crippen molar-refractivity contribution in [3.8, 4) is 0 Å². The van der Waals surface area contributed by atoms with Gasteiger partial charge >= 0.3 is 0 Å². The Hall–Kier alpha value is -0.240. The molecule has 1 saturated heterocycles.